The average molecular weight is 234 g/mol. The summed E-state index contributed by atoms with van der Waals surface area (Å²) in [4.78, 5) is 0. The molecule has 1 N–H and O–H groups in total. The Labute approximate surface area is 104 Å². The minimum absolute atomic E-state index is 0.882. The average Bonchev–Trinajstić information content (AvgIpc) is 2.60. The van der Waals surface area contributed by atoms with Crippen molar-refractivity contribution in [2.45, 2.75) is 0 Å². The molecule has 0 aliphatic carbocycles. The summed E-state index contributed by atoms with van der Waals surface area (Å²) in [5.74, 6) is 0. The molecule has 4 rings (SSSR count). The molecule has 0 amide bonds. The predicted molar refractivity (Wildman–Crippen MR) is 71.0 cm³/mol. The summed E-state index contributed by atoms with van der Waals surface area (Å²) in [5, 5.41) is 9.94. The Bertz CT molecular complexity index is 688. The minimum Gasteiger partial charge on any atom is -0.243 e. The van der Waals surface area contributed by atoms with E-state index in [0.29, 0.717) is 0 Å². The molecular formula is C14H10N4. The van der Waals surface area contributed by atoms with E-state index in [2.05, 4.69) is 46.2 Å². The van der Waals surface area contributed by atoms with Gasteiger partial charge in [0.15, 0.2) is 0 Å². The summed E-state index contributed by atoms with van der Waals surface area (Å²) in [6.07, 6.45) is 4.05. The van der Waals surface area contributed by atoms with Crippen LogP contribution in [0.1, 0.15) is 5.56 Å². The fraction of sp³-hybridized carbons (Fsp3) is 0. The molecular weight excluding hydrogens is 224 g/mol. The molecule has 0 saturated carbocycles. The number of nitrogens with one attached hydrogen (secondary N) is 1. The second-order valence-electron chi connectivity index (χ2n) is 4.25. The van der Waals surface area contributed by atoms with E-state index in [0.717, 1.165) is 11.4 Å². The van der Waals surface area contributed by atoms with Crippen LogP contribution >= 0.6 is 0 Å². The fourth-order valence-corrected chi connectivity index (χ4v) is 2.41. The van der Waals surface area contributed by atoms with Gasteiger partial charge in [0.05, 0.1) is 5.69 Å². The van der Waals surface area contributed by atoms with Gasteiger partial charge in [0.25, 0.3) is 0 Å². The van der Waals surface area contributed by atoms with Gasteiger partial charge in [-0.2, -0.15) is 5.53 Å². The third kappa shape index (κ3) is 1.20. The smallest absolute Gasteiger partial charge is 0.114 e. The molecule has 0 saturated heterocycles. The van der Waals surface area contributed by atoms with Crippen LogP contribution in [0.25, 0.3) is 17.2 Å². The van der Waals surface area contributed by atoms with Crippen molar-refractivity contribution in [1.29, 1.82) is 0 Å². The first-order valence-electron chi connectivity index (χ1n) is 5.80. The van der Waals surface area contributed by atoms with Gasteiger partial charge in [0, 0.05) is 11.8 Å². The largest absolute Gasteiger partial charge is 0.243 e. The van der Waals surface area contributed by atoms with Crippen LogP contribution in [0.4, 0.5) is 11.4 Å². The Morgan fingerprint density at radius 1 is 0.944 bits per heavy atom. The zero-order valence-corrected chi connectivity index (χ0v) is 9.54. The second kappa shape index (κ2) is 3.43. The highest BCUT2D eigenvalue weighted by atomic mass is 15.7. The van der Waals surface area contributed by atoms with Gasteiger partial charge >= 0.3 is 0 Å². The van der Waals surface area contributed by atoms with Gasteiger partial charge in [-0.25, -0.2) is 5.01 Å². The summed E-state index contributed by atoms with van der Waals surface area (Å²) in [6.45, 7) is 0. The second-order valence-corrected chi connectivity index (χ2v) is 4.25. The van der Waals surface area contributed by atoms with Crippen LogP contribution in [-0.2, 0) is 0 Å². The van der Waals surface area contributed by atoms with E-state index in [-0.39, 0.29) is 0 Å². The van der Waals surface area contributed by atoms with Crippen molar-refractivity contribution in [1.82, 2.24) is 5.53 Å². The minimum atomic E-state index is 0.882. The first-order chi connectivity index (χ1) is 8.93. The lowest BCUT2D eigenvalue weighted by atomic mass is 9.98. The Hall–Kier alpha value is -2.62. The highest BCUT2D eigenvalue weighted by Gasteiger charge is 2.21. The number of nitrogens with zero attached hydrogens (tertiary/aromatic N) is 3. The summed E-state index contributed by atoms with van der Waals surface area (Å²) in [5.41, 5.74) is 8.41. The Kier molecular flexibility index (Phi) is 1.80. The molecule has 4 heteroatoms. The third-order valence-corrected chi connectivity index (χ3v) is 3.22. The van der Waals surface area contributed by atoms with Crippen LogP contribution < -0.4 is 10.5 Å². The molecule has 86 valence electrons. The van der Waals surface area contributed by atoms with Gasteiger partial charge in [-0.1, -0.05) is 41.6 Å². The van der Waals surface area contributed by atoms with E-state index in [4.69, 9.17) is 0 Å². The van der Waals surface area contributed by atoms with Crippen molar-refractivity contribution in [2.75, 3.05) is 5.01 Å². The molecule has 2 heterocycles. The fourth-order valence-electron chi connectivity index (χ4n) is 2.41. The van der Waals surface area contributed by atoms with Crippen LogP contribution in [0.5, 0.6) is 0 Å². The zero-order chi connectivity index (χ0) is 11.9. The molecule has 0 fully saturated rings. The van der Waals surface area contributed by atoms with Crippen LogP contribution in [0, 0.1) is 0 Å². The van der Waals surface area contributed by atoms with Crippen molar-refractivity contribution in [3.8, 4) is 11.1 Å². The van der Waals surface area contributed by atoms with Gasteiger partial charge < -0.3 is 0 Å². The lowest BCUT2D eigenvalue weighted by Crippen LogP contribution is -2.30. The number of anilines is 1. The third-order valence-electron chi connectivity index (χ3n) is 3.22. The van der Waals surface area contributed by atoms with E-state index in [1.54, 1.807) is 0 Å². The molecule has 0 bridgehead atoms. The first kappa shape index (κ1) is 9.41. The number of para-hydroxylation sites is 1. The Morgan fingerprint density at radius 3 is 2.83 bits per heavy atom. The monoisotopic (exact) mass is 234 g/mol. The number of benzene rings is 2. The van der Waals surface area contributed by atoms with Crippen LogP contribution in [-0.4, -0.2) is 0 Å². The van der Waals surface area contributed by atoms with E-state index in [1.165, 1.54) is 16.7 Å². The maximum absolute atomic E-state index is 4.14. The standard InChI is InChI=1S/C14H10N4/c1-2-5-11-10(4-1)8-9-18-14-12(11)6-3-7-13(14)15-16-17-18/h1-9H,(H,15,17). The predicted octanol–water partition coefficient (Wildman–Crippen LogP) is 3.66. The topological polar surface area (TPSA) is 40.0 Å². The molecule has 4 nitrogen and oxygen atoms in total. The van der Waals surface area contributed by atoms with E-state index in [1.807, 2.05) is 29.4 Å². The number of hydrogen-bond acceptors (Lipinski definition) is 4. The normalized spacial score (nSPS) is 14.6. The van der Waals surface area contributed by atoms with Gasteiger partial charge in [-0.05, 0) is 23.3 Å². The van der Waals surface area contributed by atoms with Crippen LogP contribution in [0.3, 0.4) is 0 Å². The Balaban J connectivity index is 2.11. The molecule has 0 atom stereocenters. The van der Waals surface area contributed by atoms with Crippen molar-refractivity contribution >= 4 is 17.5 Å². The summed E-state index contributed by atoms with van der Waals surface area (Å²) < 4.78 is 0. The van der Waals surface area contributed by atoms with Crippen molar-refractivity contribution in [3.63, 3.8) is 0 Å². The summed E-state index contributed by atoms with van der Waals surface area (Å²) >= 11 is 0. The van der Waals surface area contributed by atoms with E-state index in [9.17, 15) is 0 Å². The van der Waals surface area contributed by atoms with Gasteiger partial charge in [-0.15, -0.1) is 5.11 Å². The maximum atomic E-state index is 4.14. The van der Waals surface area contributed by atoms with Gasteiger partial charge in [-0.3, -0.25) is 0 Å². The number of fused-ring (bicyclic) bond motifs is 2. The molecule has 18 heavy (non-hydrogen) atoms. The molecule has 2 aromatic carbocycles. The lowest BCUT2D eigenvalue weighted by molar-refractivity contribution is 0.689. The van der Waals surface area contributed by atoms with Crippen molar-refractivity contribution in [3.05, 3.63) is 54.2 Å². The zero-order valence-electron chi connectivity index (χ0n) is 9.54. The highest BCUT2D eigenvalue weighted by molar-refractivity contribution is 5.92. The lowest BCUT2D eigenvalue weighted by Gasteiger charge is -2.24. The highest BCUT2D eigenvalue weighted by Crippen LogP contribution is 2.43. The molecule has 2 aromatic rings. The number of hydrazine groups is 1. The van der Waals surface area contributed by atoms with Gasteiger partial charge in [0.2, 0.25) is 0 Å². The van der Waals surface area contributed by atoms with Crippen LogP contribution in [0.2, 0.25) is 0 Å². The van der Waals surface area contributed by atoms with E-state index < -0.39 is 0 Å². The molecule has 0 unspecified atom stereocenters. The van der Waals surface area contributed by atoms with Crippen LogP contribution in [0.15, 0.2) is 59.0 Å². The van der Waals surface area contributed by atoms with Crippen molar-refractivity contribution < 1.29 is 0 Å². The Morgan fingerprint density at radius 2 is 1.83 bits per heavy atom. The molecule has 0 radical (unpaired) electrons. The molecule has 2 aliphatic heterocycles. The molecule has 2 aliphatic rings. The molecule has 0 spiro atoms. The molecule has 0 aromatic heterocycles. The summed E-state index contributed by atoms with van der Waals surface area (Å²) in [6, 6.07) is 14.4. The quantitative estimate of drug-likeness (QED) is 0.755. The number of rotatable bonds is 0. The number of hydrogen-bond donors (Lipinski definition) is 1. The summed E-state index contributed by atoms with van der Waals surface area (Å²) in [7, 11) is 0. The van der Waals surface area contributed by atoms with Crippen molar-refractivity contribution in [2.24, 2.45) is 10.3 Å². The SMILES string of the molecule is C1=CN2NN=Nc3cccc(c32)-c2ccccc21. The van der Waals surface area contributed by atoms with E-state index >= 15 is 0 Å². The first-order valence-corrected chi connectivity index (χ1v) is 5.80. The van der Waals surface area contributed by atoms with Gasteiger partial charge in [0.1, 0.15) is 5.69 Å². The maximum Gasteiger partial charge on any atom is 0.114 e.